The highest BCUT2D eigenvalue weighted by Gasteiger charge is 2.25. The van der Waals surface area contributed by atoms with Crippen molar-refractivity contribution < 1.29 is 5.11 Å². The van der Waals surface area contributed by atoms with E-state index in [1.807, 2.05) is 0 Å². The smallest absolute Gasteiger partial charge is 0.226 e. The number of hydrogen-bond donors (Lipinski definition) is 2. The second kappa shape index (κ2) is 4.70. The van der Waals surface area contributed by atoms with Gasteiger partial charge in [0.1, 0.15) is 5.52 Å². The Hall–Kier alpha value is -1.40. The predicted molar refractivity (Wildman–Crippen MR) is 68.8 cm³/mol. The molecule has 2 N–H and O–H groups in total. The summed E-state index contributed by atoms with van der Waals surface area (Å²) in [6.07, 6.45) is 4.77. The van der Waals surface area contributed by atoms with E-state index in [1.165, 1.54) is 0 Å². The lowest BCUT2D eigenvalue weighted by Crippen LogP contribution is -2.42. The molecular weight excluding hydrogens is 254 g/mol. The fourth-order valence-electron chi connectivity index (χ4n) is 2.47. The van der Waals surface area contributed by atoms with Crippen molar-refractivity contribution in [3.63, 3.8) is 0 Å². The van der Waals surface area contributed by atoms with E-state index in [0.29, 0.717) is 5.65 Å². The highest BCUT2D eigenvalue weighted by molar-refractivity contribution is 6.28. The fraction of sp³-hybridized carbons (Fsp3) is 0.545. The standard InChI is InChI=1S/C11H14ClN5O/c12-11-15-9-8(13-6-14-9)10(16-11)17-4-2-1-3-7(17)5-18/h6-7,18H,1-5H2,(H,13,14,15,16). The van der Waals surface area contributed by atoms with Gasteiger partial charge in [-0.1, -0.05) is 0 Å². The topological polar surface area (TPSA) is 77.9 Å². The number of aliphatic hydroxyl groups is 1. The van der Waals surface area contributed by atoms with E-state index in [4.69, 9.17) is 11.6 Å². The van der Waals surface area contributed by atoms with Crippen LogP contribution in [0.3, 0.4) is 0 Å². The molecule has 7 heteroatoms. The Morgan fingerprint density at radius 3 is 3.17 bits per heavy atom. The number of H-pyrrole nitrogens is 1. The Balaban J connectivity index is 2.08. The van der Waals surface area contributed by atoms with Gasteiger partial charge in [-0.05, 0) is 30.9 Å². The number of hydrogen-bond acceptors (Lipinski definition) is 5. The van der Waals surface area contributed by atoms with E-state index in [0.717, 1.165) is 37.1 Å². The summed E-state index contributed by atoms with van der Waals surface area (Å²) >= 11 is 5.93. The molecule has 0 radical (unpaired) electrons. The van der Waals surface area contributed by atoms with Crippen LogP contribution in [0.5, 0.6) is 0 Å². The van der Waals surface area contributed by atoms with Gasteiger partial charge >= 0.3 is 0 Å². The number of nitrogens with one attached hydrogen (secondary N) is 1. The molecular formula is C11H14ClN5O. The molecule has 3 heterocycles. The highest BCUT2D eigenvalue weighted by atomic mass is 35.5. The maximum atomic E-state index is 9.47. The minimum Gasteiger partial charge on any atom is -0.394 e. The van der Waals surface area contributed by atoms with Crippen LogP contribution in [0.2, 0.25) is 5.28 Å². The Labute approximate surface area is 109 Å². The van der Waals surface area contributed by atoms with E-state index >= 15 is 0 Å². The van der Waals surface area contributed by atoms with Gasteiger partial charge in [0.15, 0.2) is 11.5 Å². The number of aromatic amines is 1. The molecule has 6 nitrogen and oxygen atoms in total. The van der Waals surface area contributed by atoms with E-state index < -0.39 is 0 Å². The zero-order valence-corrected chi connectivity index (χ0v) is 10.6. The van der Waals surface area contributed by atoms with Gasteiger partial charge in [0.2, 0.25) is 5.28 Å². The van der Waals surface area contributed by atoms with Crippen molar-refractivity contribution in [2.75, 3.05) is 18.1 Å². The molecule has 0 aliphatic carbocycles. The SMILES string of the molecule is OCC1CCCCN1c1nc(Cl)nc2nc[nH]c12. The zero-order chi connectivity index (χ0) is 12.5. The normalized spacial score (nSPS) is 20.6. The molecule has 18 heavy (non-hydrogen) atoms. The number of piperidine rings is 1. The summed E-state index contributed by atoms with van der Waals surface area (Å²) in [5.74, 6) is 0.737. The summed E-state index contributed by atoms with van der Waals surface area (Å²) in [7, 11) is 0. The molecule has 0 spiro atoms. The van der Waals surface area contributed by atoms with E-state index in [-0.39, 0.29) is 17.9 Å². The maximum Gasteiger partial charge on any atom is 0.226 e. The lowest BCUT2D eigenvalue weighted by molar-refractivity contribution is 0.239. The first kappa shape index (κ1) is 11.7. The average molecular weight is 268 g/mol. The van der Waals surface area contributed by atoms with Crippen molar-refractivity contribution in [2.24, 2.45) is 0 Å². The van der Waals surface area contributed by atoms with Crippen LogP contribution in [0.1, 0.15) is 19.3 Å². The van der Waals surface area contributed by atoms with Crippen LogP contribution in [0, 0.1) is 0 Å². The third-order valence-electron chi connectivity index (χ3n) is 3.35. The zero-order valence-electron chi connectivity index (χ0n) is 9.80. The molecule has 1 aliphatic rings. The van der Waals surface area contributed by atoms with E-state index in [1.54, 1.807) is 6.33 Å². The molecule has 1 fully saturated rings. The molecule has 0 bridgehead atoms. The number of aromatic nitrogens is 4. The molecule has 2 aromatic rings. The van der Waals surface area contributed by atoms with Crippen molar-refractivity contribution in [3.05, 3.63) is 11.6 Å². The second-order valence-electron chi connectivity index (χ2n) is 4.44. The quantitative estimate of drug-likeness (QED) is 0.804. The second-order valence-corrected chi connectivity index (χ2v) is 4.78. The van der Waals surface area contributed by atoms with Gasteiger partial charge in [0.05, 0.1) is 19.0 Å². The van der Waals surface area contributed by atoms with Gasteiger partial charge in [0, 0.05) is 6.54 Å². The van der Waals surface area contributed by atoms with Crippen LogP contribution in [0.25, 0.3) is 11.2 Å². The average Bonchev–Trinajstić information content (AvgIpc) is 2.85. The van der Waals surface area contributed by atoms with Crippen molar-refractivity contribution in [2.45, 2.75) is 25.3 Å². The number of imidazole rings is 1. The summed E-state index contributed by atoms with van der Waals surface area (Å²) in [4.78, 5) is 17.6. The number of nitrogens with zero attached hydrogens (tertiary/aromatic N) is 4. The molecule has 2 aromatic heterocycles. The van der Waals surface area contributed by atoms with Crippen LogP contribution in [-0.4, -0.2) is 44.2 Å². The van der Waals surface area contributed by atoms with Crippen LogP contribution in [0.4, 0.5) is 5.82 Å². The lowest BCUT2D eigenvalue weighted by atomic mass is 10.0. The van der Waals surface area contributed by atoms with Crippen LogP contribution in [-0.2, 0) is 0 Å². The molecule has 1 aliphatic heterocycles. The largest absolute Gasteiger partial charge is 0.394 e. The summed E-state index contributed by atoms with van der Waals surface area (Å²) in [5, 5.41) is 9.66. The predicted octanol–water partition coefficient (Wildman–Crippen LogP) is 1.36. The van der Waals surface area contributed by atoms with Gasteiger partial charge < -0.3 is 15.0 Å². The molecule has 3 rings (SSSR count). The van der Waals surface area contributed by atoms with Gasteiger partial charge in [-0.25, -0.2) is 4.98 Å². The number of halogens is 1. The number of fused-ring (bicyclic) bond motifs is 1. The minimum atomic E-state index is 0.0937. The highest BCUT2D eigenvalue weighted by Crippen LogP contribution is 2.28. The number of aliphatic hydroxyl groups excluding tert-OH is 1. The Bertz CT molecular complexity index is 557. The summed E-state index contributed by atoms with van der Waals surface area (Å²) in [6.45, 7) is 0.990. The molecule has 96 valence electrons. The first-order valence-electron chi connectivity index (χ1n) is 6.03. The van der Waals surface area contributed by atoms with Gasteiger partial charge in [0.25, 0.3) is 0 Å². The van der Waals surface area contributed by atoms with Crippen LogP contribution >= 0.6 is 11.6 Å². The first-order chi connectivity index (χ1) is 8.79. The van der Waals surface area contributed by atoms with Crippen LogP contribution in [0.15, 0.2) is 6.33 Å². The summed E-state index contributed by atoms with van der Waals surface area (Å²) in [6, 6.07) is 0.0937. The molecule has 0 saturated carbocycles. The Morgan fingerprint density at radius 1 is 1.44 bits per heavy atom. The summed E-state index contributed by atoms with van der Waals surface area (Å²) in [5.41, 5.74) is 1.34. The molecule has 0 aromatic carbocycles. The Morgan fingerprint density at radius 2 is 2.33 bits per heavy atom. The molecule has 1 unspecified atom stereocenters. The van der Waals surface area contributed by atoms with Crippen molar-refractivity contribution >= 4 is 28.6 Å². The molecule has 1 saturated heterocycles. The first-order valence-corrected chi connectivity index (χ1v) is 6.41. The minimum absolute atomic E-state index is 0.0937. The number of anilines is 1. The maximum absolute atomic E-state index is 9.47. The van der Waals surface area contributed by atoms with Crippen molar-refractivity contribution in [1.82, 2.24) is 19.9 Å². The third-order valence-corrected chi connectivity index (χ3v) is 3.52. The lowest BCUT2D eigenvalue weighted by Gasteiger charge is -2.35. The Kier molecular flexibility index (Phi) is 3.05. The molecule has 1 atom stereocenters. The monoisotopic (exact) mass is 267 g/mol. The van der Waals surface area contributed by atoms with Crippen molar-refractivity contribution in [1.29, 1.82) is 0 Å². The van der Waals surface area contributed by atoms with Crippen LogP contribution < -0.4 is 4.90 Å². The fourth-order valence-corrected chi connectivity index (χ4v) is 2.63. The van der Waals surface area contributed by atoms with Gasteiger partial charge in [-0.3, -0.25) is 0 Å². The molecule has 0 amide bonds. The van der Waals surface area contributed by atoms with E-state index in [9.17, 15) is 5.11 Å². The van der Waals surface area contributed by atoms with E-state index in [2.05, 4.69) is 24.8 Å². The van der Waals surface area contributed by atoms with Gasteiger partial charge in [-0.2, -0.15) is 9.97 Å². The number of rotatable bonds is 2. The third kappa shape index (κ3) is 1.91. The summed E-state index contributed by atoms with van der Waals surface area (Å²) < 4.78 is 0. The van der Waals surface area contributed by atoms with Gasteiger partial charge in [-0.15, -0.1) is 0 Å². The van der Waals surface area contributed by atoms with Crippen molar-refractivity contribution in [3.8, 4) is 0 Å².